The molecule has 0 spiro atoms. The molecule has 0 atom stereocenters. The van der Waals surface area contributed by atoms with Gasteiger partial charge in [-0.05, 0) is 17.2 Å². The van der Waals surface area contributed by atoms with E-state index in [0.29, 0.717) is 17.2 Å². The molecule has 0 amide bonds. The Balaban J connectivity index is 3.29. The van der Waals surface area contributed by atoms with Gasteiger partial charge in [0, 0.05) is 6.42 Å². The van der Waals surface area contributed by atoms with E-state index in [2.05, 4.69) is 6.58 Å². The standard InChI is InChI=1S/C16H22F4Si/c1-5-7-12-15(17,18)16(19,20)21(3,4)14-11-9-8-10-13(14)6-2/h6,8-11H,2,5,7,12H2,1,3-4H3. The summed E-state index contributed by atoms with van der Waals surface area (Å²) in [7, 11) is -3.71. The van der Waals surface area contributed by atoms with E-state index >= 15 is 0 Å². The number of hydrogen-bond acceptors (Lipinski definition) is 0. The van der Waals surface area contributed by atoms with Crippen LogP contribution in [0.1, 0.15) is 31.7 Å². The lowest BCUT2D eigenvalue weighted by Crippen LogP contribution is -2.65. The first-order chi connectivity index (χ1) is 9.61. The summed E-state index contributed by atoms with van der Waals surface area (Å²) >= 11 is 0. The van der Waals surface area contributed by atoms with Crippen LogP contribution in [0.4, 0.5) is 17.6 Å². The van der Waals surface area contributed by atoms with Crippen molar-refractivity contribution in [3.05, 3.63) is 36.4 Å². The maximum atomic E-state index is 14.6. The van der Waals surface area contributed by atoms with Gasteiger partial charge in [0.15, 0.2) is 8.07 Å². The maximum Gasteiger partial charge on any atom is 0.306 e. The average Bonchev–Trinajstić information content (AvgIpc) is 2.44. The summed E-state index contributed by atoms with van der Waals surface area (Å²) in [6.45, 7) is 7.90. The monoisotopic (exact) mass is 318 g/mol. The maximum absolute atomic E-state index is 14.6. The van der Waals surface area contributed by atoms with Crippen LogP contribution in [0.25, 0.3) is 6.08 Å². The van der Waals surface area contributed by atoms with Crippen LogP contribution in [-0.2, 0) is 0 Å². The number of hydrogen-bond donors (Lipinski definition) is 0. The SMILES string of the molecule is C=Cc1ccccc1[Si](C)(C)C(F)(F)C(F)(F)CCCC. The molecule has 21 heavy (non-hydrogen) atoms. The summed E-state index contributed by atoms with van der Waals surface area (Å²) in [4.78, 5) is 0. The molecule has 0 heterocycles. The van der Waals surface area contributed by atoms with Crippen molar-refractivity contribution in [2.45, 2.75) is 50.7 Å². The van der Waals surface area contributed by atoms with Gasteiger partial charge >= 0.3 is 5.92 Å². The Morgan fingerprint density at radius 1 is 1.14 bits per heavy atom. The first kappa shape index (κ1) is 17.9. The molecule has 118 valence electrons. The van der Waals surface area contributed by atoms with E-state index in [0.717, 1.165) is 0 Å². The first-order valence-electron chi connectivity index (χ1n) is 7.09. The molecule has 0 saturated carbocycles. The Morgan fingerprint density at radius 2 is 1.71 bits per heavy atom. The van der Waals surface area contributed by atoms with Crippen LogP contribution < -0.4 is 5.19 Å². The molecule has 5 heteroatoms. The van der Waals surface area contributed by atoms with Crippen molar-refractivity contribution in [2.75, 3.05) is 0 Å². The van der Waals surface area contributed by atoms with Gasteiger partial charge in [0.25, 0.3) is 5.55 Å². The van der Waals surface area contributed by atoms with Gasteiger partial charge in [0.1, 0.15) is 0 Å². The zero-order valence-electron chi connectivity index (χ0n) is 12.7. The number of rotatable bonds is 7. The van der Waals surface area contributed by atoms with Crippen molar-refractivity contribution in [1.29, 1.82) is 0 Å². The van der Waals surface area contributed by atoms with E-state index in [1.165, 1.54) is 25.2 Å². The van der Waals surface area contributed by atoms with E-state index in [4.69, 9.17) is 0 Å². The molecule has 0 bridgehead atoms. The van der Waals surface area contributed by atoms with Crippen LogP contribution in [-0.4, -0.2) is 19.5 Å². The molecule has 0 nitrogen and oxygen atoms in total. The number of unbranched alkanes of at least 4 members (excludes halogenated alkanes) is 1. The summed E-state index contributed by atoms with van der Waals surface area (Å²) < 4.78 is 57.3. The summed E-state index contributed by atoms with van der Waals surface area (Å²) in [6.07, 6.45) is 1.24. The normalized spacial score (nSPS) is 13.3. The van der Waals surface area contributed by atoms with E-state index in [-0.39, 0.29) is 6.42 Å². The topological polar surface area (TPSA) is 0 Å². The quantitative estimate of drug-likeness (QED) is 0.476. The fourth-order valence-corrected chi connectivity index (χ4v) is 5.22. The van der Waals surface area contributed by atoms with Crippen LogP contribution in [0.15, 0.2) is 30.8 Å². The highest BCUT2D eigenvalue weighted by Crippen LogP contribution is 2.44. The van der Waals surface area contributed by atoms with E-state index < -0.39 is 26.0 Å². The second kappa shape index (κ2) is 6.34. The fraction of sp³-hybridized carbons (Fsp3) is 0.500. The zero-order chi connectivity index (χ0) is 16.3. The third-order valence-corrected chi connectivity index (χ3v) is 7.68. The predicted molar refractivity (Wildman–Crippen MR) is 83.1 cm³/mol. The minimum Gasteiger partial charge on any atom is -0.205 e. The molecule has 0 N–H and O–H groups in total. The minimum absolute atomic E-state index is 0.0934. The minimum atomic E-state index is -4.01. The van der Waals surface area contributed by atoms with Crippen LogP contribution in [0.5, 0.6) is 0 Å². The van der Waals surface area contributed by atoms with Gasteiger partial charge in [0.2, 0.25) is 0 Å². The van der Waals surface area contributed by atoms with Gasteiger partial charge in [0.05, 0.1) is 0 Å². The fourth-order valence-electron chi connectivity index (χ4n) is 2.43. The molecule has 0 aromatic heterocycles. The molecule has 1 aromatic carbocycles. The molecule has 0 saturated heterocycles. The van der Waals surface area contributed by atoms with Gasteiger partial charge < -0.3 is 0 Å². The van der Waals surface area contributed by atoms with Gasteiger partial charge in [-0.2, -0.15) is 0 Å². The first-order valence-corrected chi connectivity index (χ1v) is 10.1. The summed E-state index contributed by atoms with van der Waals surface area (Å²) in [5, 5.41) is 0.321. The Morgan fingerprint density at radius 3 is 2.24 bits per heavy atom. The highest BCUT2D eigenvalue weighted by Gasteiger charge is 2.65. The van der Waals surface area contributed by atoms with Gasteiger partial charge in [-0.3, -0.25) is 0 Å². The van der Waals surface area contributed by atoms with Crippen molar-refractivity contribution in [3.8, 4) is 0 Å². The molecule has 0 aliphatic heterocycles. The third-order valence-electron chi connectivity index (χ3n) is 3.94. The molecular weight excluding hydrogens is 296 g/mol. The number of benzene rings is 1. The number of halogens is 4. The lowest BCUT2D eigenvalue weighted by molar-refractivity contribution is -0.168. The van der Waals surface area contributed by atoms with Crippen LogP contribution >= 0.6 is 0 Å². The van der Waals surface area contributed by atoms with E-state index in [9.17, 15) is 17.6 Å². The van der Waals surface area contributed by atoms with Gasteiger partial charge in [-0.1, -0.05) is 63.4 Å². The Bertz CT molecular complexity index is 495. The lowest BCUT2D eigenvalue weighted by Gasteiger charge is -2.38. The van der Waals surface area contributed by atoms with Crippen molar-refractivity contribution in [3.63, 3.8) is 0 Å². The van der Waals surface area contributed by atoms with Crippen molar-refractivity contribution < 1.29 is 17.6 Å². The molecular formula is C16H22F4Si. The summed E-state index contributed by atoms with van der Waals surface area (Å²) in [6, 6.07) is 6.46. The van der Waals surface area contributed by atoms with Crippen molar-refractivity contribution >= 4 is 19.3 Å². The highest BCUT2D eigenvalue weighted by atomic mass is 28.3. The van der Waals surface area contributed by atoms with Crippen molar-refractivity contribution in [2.24, 2.45) is 0 Å². The van der Waals surface area contributed by atoms with Gasteiger partial charge in [-0.25, -0.2) is 17.6 Å². The van der Waals surface area contributed by atoms with Crippen LogP contribution in [0.2, 0.25) is 13.1 Å². The predicted octanol–water partition coefficient (Wildman–Crippen LogP) is 5.25. The molecule has 1 aromatic rings. The zero-order valence-corrected chi connectivity index (χ0v) is 13.7. The van der Waals surface area contributed by atoms with Crippen LogP contribution in [0, 0.1) is 0 Å². The average molecular weight is 318 g/mol. The van der Waals surface area contributed by atoms with E-state index in [1.54, 1.807) is 25.1 Å². The Labute approximate surface area is 124 Å². The summed E-state index contributed by atoms with van der Waals surface area (Å²) in [5.74, 6) is -3.98. The molecule has 0 fully saturated rings. The number of alkyl halides is 4. The Hall–Kier alpha value is -1.10. The highest BCUT2D eigenvalue weighted by molar-refractivity contribution is 6.92. The largest absolute Gasteiger partial charge is 0.306 e. The van der Waals surface area contributed by atoms with E-state index in [1.807, 2.05) is 0 Å². The molecule has 0 aliphatic rings. The molecule has 1 rings (SSSR count). The summed E-state index contributed by atoms with van der Waals surface area (Å²) in [5.41, 5.74) is -3.49. The second-order valence-electron chi connectivity index (χ2n) is 5.80. The third kappa shape index (κ3) is 3.23. The van der Waals surface area contributed by atoms with Crippen LogP contribution in [0.3, 0.4) is 0 Å². The molecule has 0 unspecified atom stereocenters. The Kier molecular flexibility index (Phi) is 5.42. The molecule has 0 radical (unpaired) electrons. The van der Waals surface area contributed by atoms with Gasteiger partial charge in [-0.15, -0.1) is 0 Å². The second-order valence-corrected chi connectivity index (χ2v) is 10.2. The lowest BCUT2D eigenvalue weighted by atomic mass is 10.1. The smallest absolute Gasteiger partial charge is 0.205 e. The molecule has 0 aliphatic carbocycles. The van der Waals surface area contributed by atoms with Crippen molar-refractivity contribution in [1.82, 2.24) is 0 Å².